The van der Waals surface area contributed by atoms with Crippen molar-refractivity contribution in [2.75, 3.05) is 7.11 Å². The van der Waals surface area contributed by atoms with E-state index in [0.29, 0.717) is 11.3 Å². The summed E-state index contributed by atoms with van der Waals surface area (Å²) in [5.74, 6) is -1.10. The second-order valence-corrected chi connectivity index (χ2v) is 4.63. The number of carbonyl (C=O) groups excluding carboxylic acids is 2. The molecule has 0 fully saturated rings. The van der Waals surface area contributed by atoms with E-state index in [1.54, 1.807) is 19.1 Å². The van der Waals surface area contributed by atoms with Crippen LogP contribution in [0.5, 0.6) is 5.75 Å². The number of hydrogen-bond acceptors (Lipinski definition) is 4. The number of aryl methyl sites for hydroxylation is 1. The third-order valence-electron chi connectivity index (χ3n) is 3.54. The highest BCUT2D eigenvalue weighted by Gasteiger charge is 2.58. The Balaban J connectivity index is 2.62. The summed E-state index contributed by atoms with van der Waals surface area (Å²) >= 11 is 0. The number of para-hydroxylation sites is 1. The molecule has 19 heavy (non-hydrogen) atoms. The molecule has 0 saturated carbocycles. The van der Waals surface area contributed by atoms with E-state index in [1.807, 2.05) is 13.0 Å². The van der Waals surface area contributed by atoms with E-state index in [1.165, 1.54) is 13.2 Å². The molecular weight excluding hydrogens is 244 g/mol. The summed E-state index contributed by atoms with van der Waals surface area (Å²) in [6, 6.07) is 5.25. The van der Waals surface area contributed by atoms with Gasteiger partial charge in [0.2, 0.25) is 5.78 Å². The summed E-state index contributed by atoms with van der Waals surface area (Å²) in [5, 5.41) is 0. The van der Waals surface area contributed by atoms with E-state index in [9.17, 15) is 9.59 Å². The molecule has 0 aliphatic carbocycles. The molecular formula is C15H16O4. The average molecular weight is 260 g/mol. The van der Waals surface area contributed by atoms with Crippen LogP contribution >= 0.6 is 0 Å². The topological polar surface area (TPSA) is 52.6 Å². The van der Waals surface area contributed by atoms with Gasteiger partial charge in [-0.3, -0.25) is 4.79 Å². The molecule has 2 rings (SSSR count). The third-order valence-corrected chi connectivity index (χ3v) is 3.54. The lowest BCUT2D eigenvalue weighted by Gasteiger charge is -2.28. The monoisotopic (exact) mass is 260 g/mol. The van der Waals surface area contributed by atoms with E-state index in [0.717, 1.165) is 5.56 Å². The molecule has 1 heterocycles. The Labute approximate surface area is 112 Å². The van der Waals surface area contributed by atoms with E-state index in [-0.39, 0.29) is 5.78 Å². The van der Waals surface area contributed by atoms with Gasteiger partial charge in [0.15, 0.2) is 0 Å². The van der Waals surface area contributed by atoms with Crippen LogP contribution in [0.25, 0.3) is 0 Å². The largest absolute Gasteiger partial charge is 0.466 e. The summed E-state index contributed by atoms with van der Waals surface area (Å²) in [4.78, 5) is 24.7. The smallest absolute Gasteiger partial charge is 0.359 e. The standard InChI is InChI=1S/C15H16O4/c1-5-10(3)15(14(17)18-4)13(16)11-8-6-7-9(2)12(11)19-15/h5-8,10H,1H2,2-4H3/t10-,15+/m0/s1. The molecule has 1 aromatic carbocycles. The quantitative estimate of drug-likeness (QED) is 0.475. The molecule has 0 saturated heterocycles. The van der Waals surface area contributed by atoms with Crippen molar-refractivity contribution in [3.8, 4) is 5.75 Å². The van der Waals surface area contributed by atoms with Crippen LogP contribution in [0.15, 0.2) is 30.9 Å². The van der Waals surface area contributed by atoms with Gasteiger partial charge in [0.1, 0.15) is 5.75 Å². The molecule has 0 aromatic heterocycles. The molecule has 0 spiro atoms. The highest BCUT2D eigenvalue weighted by atomic mass is 16.6. The number of benzene rings is 1. The molecule has 0 amide bonds. The van der Waals surface area contributed by atoms with Gasteiger partial charge in [0.25, 0.3) is 5.60 Å². The number of ketones is 1. The number of carbonyl (C=O) groups is 2. The summed E-state index contributed by atoms with van der Waals surface area (Å²) < 4.78 is 10.5. The van der Waals surface area contributed by atoms with Crippen LogP contribution in [0.3, 0.4) is 0 Å². The zero-order chi connectivity index (χ0) is 14.2. The van der Waals surface area contributed by atoms with E-state index < -0.39 is 17.5 Å². The fraction of sp³-hybridized carbons (Fsp3) is 0.333. The fourth-order valence-electron chi connectivity index (χ4n) is 2.31. The fourth-order valence-corrected chi connectivity index (χ4v) is 2.31. The van der Waals surface area contributed by atoms with Crippen molar-refractivity contribution in [3.05, 3.63) is 42.0 Å². The Hall–Kier alpha value is -2.10. The van der Waals surface area contributed by atoms with Crippen LogP contribution in [0.4, 0.5) is 0 Å². The van der Waals surface area contributed by atoms with Gasteiger partial charge >= 0.3 is 5.97 Å². The van der Waals surface area contributed by atoms with Gasteiger partial charge in [-0.05, 0) is 18.6 Å². The Morgan fingerprint density at radius 1 is 1.53 bits per heavy atom. The van der Waals surface area contributed by atoms with Crippen LogP contribution in [0.1, 0.15) is 22.8 Å². The number of Topliss-reactive ketones (excluding diaryl/α,β-unsaturated/α-hetero) is 1. The molecule has 1 aromatic rings. The predicted molar refractivity (Wildman–Crippen MR) is 70.2 cm³/mol. The molecule has 0 bridgehead atoms. The van der Waals surface area contributed by atoms with Crippen molar-refractivity contribution < 1.29 is 19.1 Å². The van der Waals surface area contributed by atoms with Gasteiger partial charge in [-0.2, -0.15) is 0 Å². The van der Waals surface area contributed by atoms with Crippen molar-refractivity contribution in [2.24, 2.45) is 5.92 Å². The maximum atomic E-state index is 12.6. The minimum atomic E-state index is -1.65. The van der Waals surface area contributed by atoms with Gasteiger partial charge in [-0.15, -0.1) is 6.58 Å². The highest BCUT2D eigenvalue weighted by molar-refractivity contribution is 6.19. The molecule has 100 valence electrons. The lowest BCUT2D eigenvalue weighted by Crippen LogP contribution is -2.53. The van der Waals surface area contributed by atoms with Crippen molar-refractivity contribution in [1.29, 1.82) is 0 Å². The Kier molecular flexibility index (Phi) is 3.18. The number of rotatable bonds is 3. The Morgan fingerprint density at radius 2 is 2.21 bits per heavy atom. The first-order chi connectivity index (χ1) is 8.98. The first-order valence-corrected chi connectivity index (χ1v) is 6.03. The lowest BCUT2D eigenvalue weighted by molar-refractivity contribution is -0.156. The Bertz CT molecular complexity index is 561. The Morgan fingerprint density at radius 3 is 2.74 bits per heavy atom. The maximum Gasteiger partial charge on any atom is 0.359 e. The van der Waals surface area contributed by atoms with Crippen LogP contribution in [-0.2, 0) is 9.53 Å². The van der Waals surface area contributed by atoms with Gasteiger partial charge in [-0.1, -0.05) is 25.1 Å². The highest BCUT2D eigenvalue weighted by Crippen LogP contribution is 2.42. The van der Waals surface area contributed by atoms with Crippen LogP contribution < -0.4 is 4.74 Å². The number of esters is 1. The summed E-state index contributed by atoms with van der Waals surface area (Å²) in [6.07, 6.45) is 1.52. The van der Waals surface area contributed by atoms with Gasteiger partial charge in [-0.25, -0.2) is 4.79 Å². The molecule has 2 atom stereocenters. The van der Waals surface area contributed by atoms with E-state index in [4.69, 9.17) is 9.47 Å². The number of hydrogen-bond donors (Lipinski definition) is 0. The number of fused-ring (bicyclic) bond motifs is 1. The van der Waals surface area contributed by atoms with Gasteiger partial charge < -0.3 is 9.47 Å². The molecule has 4 heteroatoms. The molecule has 1 aliphatic heterocycles. The van der Waals surface area contributed by atoms with Crippen molar-refractivity contribution in [1.82, 2.24) is 0 Å². The SMILES string of the molecule is C=C[C@H](C)[C@@]1(C(=O)OC)Oc2c(C)cccc2C1=O. The molecule has 0 N–H and O–H groups in total. The molecule has 4 nitrogen and oxygen atoms in total. The average Bonchev–Trinajstić information content (AvgIpc) is 2.73. The van der Waals surface area contributed by atoms with Crippen LogP contribution in [-0.4, -0.2) is 24.5 Å². The van der Waals surface area contributed by atoms with Crippen molar-refractivity contribution >= 4 is 11.8 Å². The number of ether oxygens (including phenoxy) is 2. The predicted octanol–water partition coefficient (Wildman–Crippen LogP) is 2.30. The van der Waals surface area contributed by atoms with Gasteiger partial charge in [0, 0.05) is 5.92 Å². The molecule has 0 radical (unpaired) electrons. The molecule has 0 unspecified atom stereocenters. The second-order valence-electron chi connectivity index (χ2n) is 4.63. The van der Waals surface area contributed by atoms with Crippen LogP contribution in [0, 0.1) is 12.8 Å². The van der Waals surface area contributed by atoms with E-state index >= 15 is 0 Å². The summed E-state index contributed by atoms with van der Waals surface area (Å²) in [7, 11) is 1.24. The lowest BCUT2D eigenvalue weighted by atomic mass is 9.83. The third kappa shape index (κ3) is 1.67. The second kappa shape index (κ2) is 4.53. The number of methoxy groups -OCH3 is 1. The zero-order valence-corrected chi connectivity index (χ0v) is 11.2. The normalized spacial score (nSPS) is 22.4. The summed E-state index contributed by atoms with van der Waals surface area (Å²) in [5.41, 5.74) is -0.419. The molecule has 1 aliphatic rings. The first kappa shape index (κ1) is 13.3. The van der Waals surface area contributed by atoms with Crippen molar-refractivity contribution in [3.63, 3.8) is 0 Å². The minimum absolute atomic E-state index is 0.370. The van der Waals surface area contributed by atoms with Crippen LogP contribution in [0.2, 0.25) is 0 Å². The van der Waals surface area contributed by atoms with Crippen molar-refractivity contribution in [2.45, 2.75) is 19.4 Å². The van der Waals surface area contributed by atoms with E-state index in [2.05, 4.69) is 6.58 Å². The van der Waals surface area contributed by atoms with Gasteiger partial charge in [0.05, 0.1) is 12.7 Å². The maximum absolute atomic E-state index is 12.6. The first-order valence-electron chi connectivity index (χ1n) is 6.03. The minimum Gasteiger partial charge on any atom is -0.466 e. The summed E-state index contributed by atoms with van der Waals surface area (Å²) in [6.45, 7) is 7.19. The zero-order valence-electron chi connectivity index (χ0n) is 11.2.